The Balaban J connectivity index is 2.06. The number of amidine groups is 1. The van der Waals surface area contributed by atoms with Crippen molar-refractivity contribution in [1.29, 1.82) is 0 Å². The van der Waals surface area contributed by atoms with Crippen molar-refractivity contribution in [2.45, 2.75) is 0 Å². The number of carbonyl (C=O) groups excluding carboxylic acids is 3. The van der Waals surface area contributed by atoms with E-state index in [1.54, 1.807) is 0 Å². The smallest absolute Gasteiger partial charge is 0.331 e. The number of hydrazone groups is 1. The maximum atomic E-state index is 12.0. The van der Waals surface area contributed by atoms with Gasteiger partial charge in [-0.05, 0) is 30.0 Å². The van der Waals surface area contributed by atoms with E-state index < -0.39 is 17.8 Å². The lowest BCUT2D eigenvalue weighted by molar-refractivity contribution is -0.135. The second-order valence-corrected chi connectivity index (χ2v) is 5.94. The number of esters is 1. The summed E-state index contributed by atoms with van der Waals surface area (Å²) < 4.78 is 4.43. The van der Waals surface area contributed by atoms with Gasteiger partial charge in [0.2, 0.25) is 0 Å². The Kier molecular flexibility index (Phi) is 5.64. The van der Waals surface area contributed by atoms with Crippen molar-refractivity contribution in [1.82, 2.24) is 10.7 Å². The summed E-state index contributed by atoms with van der Waals surface area (Å²) in [6, 6.07) is 4.39. The molecule has 1 aromatic carbocycles. The number of rotatable bonds is 3. The van der Waals surface area contributed by atoms with Crippen molar-refractivity contribution in [2.24, 2.45) is 5.10 Å². The number of nitrogens with one attached hydrogen (secondary N) is 2. The van der Waals surface area contributed by atoms with Crippen LogP contribution in [0.15, 0.2) is 34.3 Å². The van der Waals surface area contributed by atoms with Gasteiger partial charge in [-0.15, -0.1) is 5.10 Å². The molecule has 7 nitrogen and oxygen atoms in total. The number of ether oxygens (including phenoxy) is 1. The number of hydrogen-bond donors (Lipinski definition) is 2. The summed E-state index contributed by atoms with van der Waals surface area (Å²) in [5.74, 6) is -1.75. The van der Waals surface area contributed by atoms with Gasteiger partial charge in [-0.3, -0.25) is 14.9 Å². The summed E-state index contributed by atoms with van der Waals surface area (Å²) in [6.07, 6.45) is 1.03. The van der Waals surface area contributed by atoms with Crippen molar-refractivity contribution in [2.75, 3.05) is 7.11 Å². The average molecular weight is 374 g/mol. The molecule has 0 saturated carbocycles. The molecule has 120 valence electrons. The monoisotopic (exact) mass is 373 g/mol. The highest BCUT2D eigenvalue weighted by atomic mass is 35.5. The van der Waals surface area contributed by atoms with Crippen LogP contribution in [0.1, 0.15) is 10.4 Å². The van der Waals surface area contributed by atoms with Crippen LogP contribution in [0.2, 0.25) is 10.0 Å². The summed E-state index contributed by atoms with van der Waals surface area (Å²) in [4.78, 5) is 34.8. The molecule has 23 heavy (non-hydrogen) atoms. The minimum absolute atomic E-state index is 0.106. The van der Waals surface area contributed by atoms with Crippen LogP contribution in [0.3, 0.4) is 0 Å². The lowest BCUT2D eigenvalue weighted by Crippen LogP contribution is -2.25. The predicted octanol–water partition coefficient (Wildman–Crippen LogP) is 1.91. The van der Waals surface area contributed by atoms with Crippen LogP contribution >= 0.6 is 35.0 Å². The zero-order chi connectivity index (χ0) is 17.0. The van der Waals surface area contributed by atoms with Crippen LogP contribution in [-0.4, -0.2) is 30.1 Å². The van der Waals surface area contributed by atoms with Gasteiger partial charge in [0.25, 0.3) is 11.8 Å². The first-order valence-electron chi connectivity index (χ1n) is 6.02. The van der Waals surface area contributed by atoms with E-state index in [1.165, 1.54) is 25.3 Å². The number of halogens is 2. The second-order valence-electron chi connectivity index (χ2n) is 4.07. The van der Waals surface area contributed by atoms with Crippen molar-refractivity contribution in [3.05, 3.63) is 44.8 Å². The van der Waals surface area contributed by atoms with E-state index in [0.717, 1.165) is 17.8 Å². The quantitative estimate of drug-likeness (QED) is 0.479. The van der Waals surface area contributed by atoms with Crippen LogP contribution in [-0.2, 0) is 14.3 Å². The fourth-order valence-corrected chi connectivity index (χ4v) is 2.72. The molecule has 1 aromatic rings. The third-order valence-electron chi connectivity index (χ3n) is 2.54. The maximum Gasteiger partial charge on any atom is 0.331 e. The van der Waals surface area contributed by atoms with Crippen LogP contribution < -0.4 is 10.7 Å². The van der Waals surface area contributed by atoms with E-state index in [2.05, 4.69) is 20.6 Å². The molecule has 2 rings (SSSR count). The number of benzene rings is 1. The minimum Gasteiger partial charge on any atom is -0.466 e. The molecule has 0 spiro atoms. The Hall–Kier alpha value is -2.03. The van der Waals surface area contributed by atoms with Crippen LogP contribution in [0.5, 0.6) is 0 Å². The molecule has 0 radical (unpaired) electrons. The van der Waals surface area contributed by atoms with Gasteiger partial charge in [0.05, 0.1) is 22.6 Å². The standard InChI is InChI=1S/C13H9Cl2N3O4S/c1-22-10(19)5-9-12(21)16-13(23-9)18-17-11(20)7-3-2-6(14)4-8(7)15/h2-5H,1H3,(H,17,20)(H,16,18,21)/b9-5-. The van der Waals surface area contributed by atoms with E-state index in [1.807, 2.05) is 0 Å². The Labute approximate surface area is 145 Å². The first-order valence-corrected chi connectivity index (χ1v) is 7.60. The molecule has 2 amide bonds. The molecular weight excluding hydrogens is 365 g/mol. The third kappa shape index (κ3) is 4.47. The van der Waals surface area contributed by atoms with Crippen LogP contribution in [0.4, 0.5) is 0 Å². The average Bonchev–Trinajstić information content (AvgIpc) is 2.84. The summed E-state index contributed by atoms with van der Waals surface area (Å²) in [6.45, 7) is 0. The fourth-order valence-electron chi connectivity index (χ4n) is 1.48. The first-order chi connectivity index (χ1) is 10.9. The normalized spacial score (nSPS) is 17.3. The molecular formula is C13H9Cl2N3O4S. The van der Waals surface area contributed by atoms with E-state index in [-0.39, 0.29) is 20.7 Å². The Morgan fingerprint density at radius 1 is 1.39 bits per heavy atom. The molecule has 1 aliphatic heterocycles. The van der Waals surface area contributed by atoms with Crippen molar-refractivity contribution >= 4 is 57.9 Å². The Morgan fingerprint density at radius 2 is 2.13 bits per heavy atom. The summed E-state index contributed by atoms with van der Waals surface area (Å²) in [5.41, 5.74) is 2.43. The number of thioether (sulfide) groups is 1. The van der Waals surface area contributed by atoms with Gasteiger partial charge in [0.15, 0.2) is 5.17 Å². The van der Waals surface area contributed by atoms with Gasteiger partial charge >= 0.3 is 5.97 Å². The number of nitrogens with zero attached hydrogens (tertiary/aromatic N) is 1. The van der Waals surface area contributed by atoms with Crippen molar-refractivity contribution < 1.29 is 19.1 Å². The molecule has 0 bridgehead atoms. The van der Waals surface area contributed by atoms with Gasteiger partial charge in [0.1, 0.15) is 0 Å². The molecule has 1 saturated heterocycles. The molecule has 1 aliphatic rings. The molecule has 0 aromatic heterocycles. The summed E-state index contributed by atoms with van der Waals surface area (Å²) in [5, 5.41) is 6.84. The molecule has 2 N–H and O–H groups in total. The first kappa shape index (κ1) is 17.3. The van der Waals surface area contributed by atoms with Gasteiger partial charge in [-0.2, -0.15) is 0 Å². The van der Waals surface area contributed by atoms with E-state index in [0.29, 0.717) is 5.02 Å². The van der Waals surface area contributed by atoms with Crippen molar-refractivity contribution in [3.63, 3.8) is 0 Å². The third-order valence-corrected chi connectivity index (χ3v) is 3.99. The van der Waals surface area contributed by atoms with Gasteiger partial charge in [-0.1, -0.05) is 23.2 Å². The lowest BCUT2D eigenvalue weighted by Gasteiger charge is -2.03. The highest BCUT2D eigenvalue weighted by Crippen LogP contribution is 2.23. The largest absolute Gasteiger partial charge is 0.466 e. The van der Waals surface area contributed by atoms with Crippen LogP contribution in [0.25, 0.3) is 0 Å². The fraction of sp³-hybridized carbons (Fsp3) is 0.0769. The Morgan fingerprint density at radius 3 is 2.78 bits per heavy atom. The number of amides is 2. The summed E-state index contributed by atoms with van der Waals surface area (Å²) >= 11 is 12.5. The summed E-state index contributed by atoms with van der Waals surface area (Å²) in [7, 11) is 1.20. The van der Waals surface area contributed by atoms with E-state index in [4.69, 9.17) is 23.2 Å². The predicted molar refractivity (Wildman–Crippen MR) is 87.2 cm³/mol. The number of carbonyl (C=O) groups is 3. The zero-order valence-corrected chi connectivity index (χ0v) is 13.9. The molecule has 1 fully saturated rings. The van der Waals surface area contributed by atoms with Gasteiger partial charge < -0.3 is 4.74 Å². The second kappa shape index (κ2) is 7.49. The lowest BCUT2D eigenvalue weighted by atomic mass is 10.2. The SMILES string of the molecule is COC(=O)/C=C1\SC(=NNC(=O)c2ccc(Cl)cc2Cl)NC1=O. The molecule has 1 heterocycles. The molecule has 0 atom stereocenters. The number of hydrogen-bond acceptors (Lipinski definition) is 6. The van der Waals surface area contributed by atoms with Gasteiger partial charge in [0, 0.05) is 11.1 Å². The number of methoxy groups -OCH3 is 1. The topological polar surface area (TPSA) is 96.9 Å². The zero-order valence-electron chi connectivity index (χ0n) is 11.6. The van der Waals surface area contributed by atoms with E-state index >= 15 is 0 Å². The minimum atomic E-state index is -0.666. The van der Waals surface area contributed by atoms with Crippen LogP contribution in [0, 0.1) is 0 Å². The highest BCUT2D eigenvalue weighted by Gasteiger charge is 2.25. The van der Waals surface area contributed by atoms with E-state index in [9.17, 15) is 14.4 Å². The highest BCUT2D eigenvalue weighted by molar-refractivity contribution is 8.18. The molecule has 10 heteroatoms. The molecule has 0 aliphatic carbocycles. The van der Waals surface area contributed by atoms with Crippen molar-refractivity contribution in [3.8, 4) is 0 Å². The molecule has 0 unspecified atom stereocenters. The van der Waals surface area contributed by atoms with Gasteiger partial charge in [-0.25, -0.2) is 10.2 Å². The Bertz CT molecular complexity index is 749. The maximum absolute atomic E-state index is 12.0.